The number of amides is 3. The third-order valence-electron chi connectivity index (χ3n) is 0.744. The lowest BCUT2D eigenvalue weighted by molar-refractivity contribution is -0.117. The zero-order valence-electron chi connectivity index (χ0n) is 6.22. The van der Waals surface area contributed by atoms with Gasteiger partial charge in [-0.3, -0.25) is 10.1 Å². The Balaban J connectivity index is 3.70. The Morgan fingerprint density at radius 1 is 1.27 bits per heavy atom. The normalized spacial score (nSPS) is 8.18. The standard InChI is InChI=1S/C5H9N3O2S/c1-3(9)7-5(11)8-4(10)6-2/h1-2H3,(H3,6,7,8,9,10,11). The molecule has 0 spiro atoms. The summed E-state index contributed by atoms with van der Waals surface area (Å²) in [7, 11) is 1.45. The summed E-state index contributed by atoms with van der Waals surface area (Å²) < 4.78 is 0. The molecule has 0 radical (unpaired) electrons. The molecule has 11 heavy (non-hydrogen) atoms. The van der Waals surface area contributed by atoms with Gasteiger partial charge in [0.2, 0.25) is 5.91 Å². The number of hydrogen-bond acceptors (Lipinski definition) is 3. The molecule has 0 atom stereocenters. The van der Waals surface area contributed by atoms with Gasteiger partial charge in [0.25, 0.3) is 0 Å². The van der Waals surface area contributed by atoms with Gasteiger partial charge in [0, 0.05) is 14.0 Å². The first-order valence-electron chi connectivity index (χ1n) is 2.86. The highest BCUT2D eigenvalue weighted by molar-refractivity contribution is 7.80. The lowest BCUT2D eigenvalue weighted by atomic mass is 10.7. The molecule has 0 aromatic carbocycles. The maximum atomic E-state index is 10.5. The number of thiocarbonyl (C=S) groups is 1. The molecule has 0 aromatic rings. The lowest BCUT2D eigenvalue weighted by Gasteiger charge is -2.04. The maximum absolute atomic E-state index is 10.5. The molecule has 0 unspecified atom stereocenters. The third kappa shape index (κ3) is 5.28. The molecule has 0 aliphatic rings. The average molecular weight is 175 g/mol. The molecule has 0 aliphatic carbocycles. The summed E-state index contributed by atoms with van der Waals surface area (Å²) in [6.45, 7) is 1.30. The van der Waals surface area contributed by atoms with Crippen molar-refractivity contribution in [2.75, 3.05) is 7.05 Å². The molecule has 3 N–H and O–H groups in total. The second-order valence-electron chi connectivity index (χ2n) is 1.71. The molecule has 0 rings (SSSR count). The van der Waals surface area contributed by atoms with Gasteiger partial charge in [-0.05, 0) is 12.2 Å². The first kappa shape index (κ1) is 9.83. The number of urea groups is 1. The summed E-state index contributed by atoms with van der Waals surface area (Å²) in [5.41, 5.74) is 0. The summed E-state index contributed by atoms with van der Waals surface area (Å²) in [4.78, 5) is 20.9. The van der Waals surface area contributed by atoms with Crippen molar-refractivity contribution < 1.29 is 9.59 Å². The van der Waals surface area contributed by atoms with Crippen LogP contribution in [-0.2, 0) is 4.79 Å². The quantitative estimate of drug-likeness (QED) is 0.428. The van der Waals surface area contributed by atoms with E-state index >= 15 is 0 Å². The zero-order valence-corrected chi connectivity index (χ0v) is 7.04. The van der Waals surface area contributed by atoms with E-state index in [9.17, 15) is 9.59 Å². The minimum atomic E-state index is -0.455. The van der Waals surface area contributed by atoms with E-state index in [-0.39, 0.29) is 11.0 Å². The number of nitrogens with one attached hydrogen (secondary N) is 3. The van der Waals surface area contributed by atoms with Crippen LogP contribution in [0.1, 0.15) is 6.92 Å². The lowest BCUT2D eigenvalue weighted by Crippen LogP contribution is -2.44. The van der Waals surface area contributed by atoms with Crippen molar-refractivity contribution in [2.45, 2.75) is 6.92 Å². The second-order valence-corrected chi connectivity index (χ2v) is 2.12. The van der Waals surface area contributed by atoms with Gasteiger partial charge in [0.1, 0.15) is 0 Å². The molecule has 0 aliphatic heterocycles. The Morgan fingerprint density at radius 2 is 1.82 bits per heavy atom. The van der Waals surface area contributed by atoms with E-state index in [0.717, 1.165) is 0 Å². The number of hydrogen-bond donors (Lipinski definition) is 3. The predicted octanol–water partition coefficient (Wildman–Crippen LogP) is -0.664. The van der Waals surface area contributed by atoms with Gasteiger partial charge in [-0.1, -0.05) is 0 Å². The van der Waals surface area contributed by atoms with Crippen LogP contribution in [0.3, 0.4) is 0 Å². The molecule has 6 heteroatoms. The van der Waals surface area contributed by atoms with E-state index in [2.05, 4.69) is 28.2 Å². The Labute approximate surface area is 69.5 Å². The smallest absolute Gasteiger partial charge is 0.320 e. The number of carbonyl (C=O) groups is 2. The Bertz CT molecular complexity index is 192. The molecule has 0 saturated carbocycles. The summed E-state index contributed by atoms with van der Waals surface area (Å²) >= 11 is 4.57. The molecule has 0 heterocycles. The van der Waals surface area contributed by atoms with Crippen molar-refractivity contribution in [3.63, 3.8) is 0 Å². The highest BCUT2D eigenvalue weighted by Crippen LogP contribution is 1.67. The molecule has 0 saturated heterocycles. The summed E-state index contributed by atoms with van der Waals surface area (Å²) in [5.74, 6) is -0.314. The van der Waals surface area contributed by atoms with Gasteiger partial charge in [0.15, 0.2) is 5.11 Å². The van der Waals surface area contributed by atoms with Crippen molar-refractivity contribution in [3.05, 3.63) is 0 Å². The first-order valence-corrected chi connectivity index (χ1v) is 3.27. The highest BCUT2D eigenvalue weighted by Gasteiger charge is 2.01. The van der Waals surface area contributed by atoms with E-state index in [0.29, 0.717) is 0 Å². The van der Waals surface area contributed by atoms with Crippen molar-refractivity contribution in [1.29, 1.82) is 0 Å². The SMILES string of the molecule is CNC(=O)NC(=S)NC(C)=O. The minimum Gasteiger partial charge on any atom is -0.341 e. The van der Waals surface area contributed by atoms with Crippen molar-refractivity contribution >= 4 is 29.3 Å². The number of carbonyl (C=O) groups excluding carboxylic acids is 2. The Morgan fingerprint density at radius 3 is 2.18 bits per heavy atom. The van der Waals surface area contributed by atoms with Crippen LogP contribution in [0.5, 0.6) is 0 Å². The van der Waals surface area contributed by atoms with Crippen LogP contribution in [0, 0.1) is 0 Å². The van der Waals surface area contributed by atoms with Crippen molar-refractivity contribution in [3.8, 4) is 0 Å². The highest BCUT2D eigenvalue weighted by atomic mass is 32.1. The van der Waals surface area contributed by atoms with Gasteiger partial charge in [-0.2, -0.15) is 0 Å². The largest absolute Gasteiger partial charge is 0.341 e. The summed E-state index contributed by atoms with van der Waals surface area (Å²) in [6.07, 6.45) is 0. The van der Waals surface area contributed by atoms with E-state index < -0.39 is 6.03 Å². The fourth-order valence-corrected chi connectivity index (χ4v) is 0.593. The fourth-order valence-electron chi connectivity index (χ4n) is 0.357. The second kappa shape index (κ2) is 4.62. The monoisotopic (exact) mass is 175 g/mol. The van der Waals surface area contributed by atoms with Crippen LogP contribution < -0.4 is 16.0 Å². The first-order chi connectivity index (χ1) is 5.06. The molecule has 0 bridgehead atoms. The van der Waals surface area contributed by atoms with Crippen LogP contribution in [0.2, 0.25) is 0 Å². The zero-order chi connectivity index (χ0) is 8.85. The predicted molar refractivity (Wildman–Crippen MR) is 44.0 cm³/mol. The van der Waals surface area contributed by atoms with Gasteiger partial charge in [-0.15, -0.1) is 0 Å². The molecule has 0 fully saturated rings. The topological polar surface area (TPSA) is 70.2 Å². The molecule has 62 valence electrons. The van der Waals surface area contributed by atoms with Crippen LogP contribution in [0.4, 0.5) is 4.79 Å². The fraction of sp³-hybridized carbons (Fsp3) is 0.400. The molecule has 0 aromatic heterocycles. The summed E-state index contributed by atoms with van der Waals surface area (Å²) in [6, 6.07) is -0.455. The molecular weight excluding hydrogens is 166 g/mol. The number of rotatable bonds is 0. The van der Waals surface area contributed by atoms with Crippen LogP contribution in [0.25, 0.3) is 0 Å². The van der Waals surface area contributed by atoms with Gasteiger partial charge in [-0.25, -0.2) is 4.79 Å². The van der Waals surface area contributed by atoms with Crippen LogP contribution in [-0.4, -0.2) is 24.1 Å². The Hall–Kier alpha value is -1.17. The van der Waals surface area contributed by atoms with E-state index in [1.54, 1.807) is 0 Å². The molecular formula is C5H9N3O2S. The Kier molecular flexibility index (Phi) is 4.12. The minimum absolute atomic E-state index is 0.00292. The third-order valence-corrected chi connectivity index (χ3v) is 0.948. The van der Waals surface area contributed by atoms with Gasteiger partial charge >= 0.3 is 6.03 Å². The van der Waals surface area contributed by atoms with Crippen molar-refractivity contribution in [1.82, 2.24) is 16.0 Å². The van der Waals surface area contributed by atoms with Gasteiger partial charge in [0.05, 0.1) is 0 Å². The molecule has 3 amide bonds. The maximum Gasteiger partial charge on any atom is 0.320 e. The summed E-state index contributed by atoms with van der Waals surface area (Å²) in [5, 5.41) is 6.72. The molecule has 5 nitrogen and oxygen atoms in total. The van der Waals surface area contributed by atoms with E-state index in [1.165, 1.54) is 14.0 Å². The van der Waals surface area contributed by atoms with E-state index in [4.69, 9.17) is 0 Å². The van der Waals surface area contributed by atoms with Crippen molar-refractivity contribution in [2.24, 2.45) is 0 Å². The van der Waals surface area contributed by atoms with E-state index in [1.807, 2.05) is 0 Å². The average Bonchev–Trinajstić information content (AvgIpc) is 1.85. The van der Waals surface area contributed by atoms with Crippen LogP contribution in [0.15, 0.2) is 0 Å². The van der Waals surface area contributed by atoms with Crippen LogP contribution >= 0.6 is 12.2 Å². The van der Waals surface area contributed by atoms with Gasteiger partial charge < -0.3 is 10.6 Å².